The second-order valence-corrected chi connectivity index (χ2v) is 2.67. The first-order valence-electron chi connectivity index (χ1n) is 3.69. The number of carboxylic acids is 1. The molecular weight excluding hydrogens is 160 g/mol. The Bertz CT molecular complexity index is 179. The summed E-state index contributed by atoms with van der Waals surface area (Å²) in [6.07, 6.45) is 0. The molecule has 2 N–H and O–H groups in total. The van der Waals surface area contributed by atoms with Crippen LogP contribution in [0.5, 0.6) is 0 Å². The highest BCUT2D eigenvalue weighted by Crippen LogP contribution is 1.97. The minimum Gasteiger partial charge on any atom is -0.480 e. The van der Waals surface area contributed by atoms with Crippen LogP contribution >= 0.6 is 0 Å². The predicted molar refractivity (Wildman–Crippen MR) is 43.9 cm³/mol. The first kappa shape index (κ1) is 10.7. The molecule has 0 aliphatic heterocycles. The van der Waals surface area contributed by atoms with Gasteiger partial charge in [0.05, 0.1) is 0 Å². The Kier molecular flexibility index (Phi) is 4.10. The summed E-state index contributed by atoms with van der Waals surface area (Å²) in [6.45, 7) is 3.26. The minimum atomic E-state index is -1.01. The maximum absolute atomic E-state index is 11.0. The van der Waals surface area contributed by atoms with E-state index in [1.807, 2.05) is 0 Å². The lowest BCUT2D eigenvalue weighted by molar-refractivity contribution is -0.138. The Balaban J connectivity index is 4.23. The third-order valence-electron chi connectivity index (χ3n) is 1.40. The topological polar surface area (TPSA) is 69.6 Å². The Labute approximate surface area is 71.4 Å². The summed E-state index contributed by atoms with van der Waals surface area (Å²) in [6, 6.07) is -0.478. The fraction of sp³-hybridized carbons (Fsp3) is 0.714. The number of hydrogen-bond donors (Lipinski definition) is 2. The fourth-order valence-electron chi connectivity index (χ4n) is 0.778. The normalized spacial score (nSPS) is 9.67. The van der Waals surface area contributed by atoms with Crippen molar-refractivity contribution in [2.45, 2.75) is 19.9 Å². The molecule has 5 nitrogen and oxygen atoms in total. The summed E-state index contributed by atoms with van der Waals surface area (Å²) in [4.78, 5) is 22.6. The van der Waals surface area contributed by atoms with Crippen LogP contribution in [0, 0.1) is 0 Å². The van der Waals surface area contributed by atoms with Crippen molar-refractivity contribution in [2.24, 2.45) is 0 Å². The molecule has 0 bridgehead atoms. The highest BCUT2D eigenvalue weighted by molar-refractivity contribution is 5.80. The summed E-state index contributed by atoms with van der Waals surface area (Å²) >= 11 is 0. The number of rotatable bonds is 3. The number of carboxylic acid groups (broad SMARTS) is 1. The average molecular weight is 174 g/mol. The molecule has 0 rings (SSSR count). The monoisotopic (exact) mass is 174 g/mol. The van der Waals surface area contributed by atoms with Crippen molar-refractivity contribution in [3.05, 3.63) is 0 Å². The van der Waals surface area contributed by atoms with E-state index in [9.17, 15) is 9.59 Å². The first-order valence-corrected chi connectivity index (χ1v) is 3.69. The number of amides is 2. The van der Waals surface area contributed by atoms with Crippen LogP contribution < -0.4 is 5.32 Å². The van der Waals surface area contributed by atoms with Gasteiger partial charge in [-0.1, -0.05) is 0 Å². The van der Waals surface area contributed by atoms with Crippen molar-refractivity contribution in [2.75, 3.05) is 13.6 Å². The lowest BCUT2D eigenvalue weighted by Gasteiger charge is -2.23. The quantitative estimate of drug-likeness (QED) is 0.638. The van der Waals surface area contributed by atoms with Crippen molar-refractivity contribution in [1.82, 2.24) is 10.2 Å². The van der Waals surface area contributed by atoms with Crippen LogP contribution in [-0.2, 0) is 4.79 Å². The van der Waals surface area contributed by atoms with Gasteiger partial charge in [0.1, 0.15) is 6.54 Å². The molecular formula is C7H14N2O3. The van der Waals surface area contributed by atoms with Gasteiger partial charge in [0.15, 0.2) is 0 Å². The summed E-state index contributed by atoms with van der Waals surface area (Å²) in [5, 5.41) is 10.8. The summed E-state index contributed by atoms with van der Waals surface area (Å²) in [5.41, 5.74) is 0. The Morgan fingerprint density at radius 3 is 2.25 bits per heavy atom. The number of carbonyl (C=O) groups excluding carboxylic acids is 1. The van der Waals surface area contributed by atoms with Crippen molar-refractivity contribution in [1.29, 1.82) is 0 Å². The van der Waals surface area contributed by atoms with Gasteiger partial charge in [0.25, 0.3) is 0 Å². The molecule has 0 spiro atoms. The van der Waals surface area contributed by atoms with E-state index >= 15 is 0 Å². The maximum atomic E-state index is 11.0. The molecule has 0 aromatic carbocycles. The lowest BCUT2D eigenvalue weighted by atomic mass is 10.3. The molecule has 0 fully saturated rings. The van der Waals surface area contributed by atoms with Crippen LogP contribution in [0.2, 0.25) is 0 Å². The molecule has 5 heteroatoms. The second-order valence-electron chi connectivity index (χ2n) is 2.67. The lowest BCUT2D eigenvalue weighted by Crippen LogP contribution is -2.45. The van der Waals surface area contributed by atoms with E-state index < -0.39 is 5.97 Å². The van der Waals surface area contributed by atoms with E-state index in [0.29, 0.717) is 0 Å². The molecule has 2 amide bonds. The third-order valence-corrected chi connectivity index (χ3v) is 1.40. The molecule has 0 saturated carbocycles. The number of nitrogens with one attached hydrogen (secondary N) is 1. The molecule has 0 aliphatic carbocycles. The SMILES string of the molecule is CNC(=O)N(CC(=O)O)C(C)C. The minimum absolute atomic E-state index is 0.110. The Hall–Kier alpha value is -1.26. The van der Waals surface area contributed by atoms with Crippen molar-refractivity contribution in [3.8, 4) is 0 Å². The van der Waals surface area contributed by atoms with Gasteiger partial charge in [-0.15, -0.1) is 0 Å². The van der Waals surface area contributed by atoms with Gasteiger partial charge >= 0.3 is 12.0 Å². The maximum Gasteiger partial charge on any atom is 0.323 e. The Morgan fingerprint density at radius 1 is 1.50 bits per heavy atom. The average Bonchev–Trinajstić information content (AvgIpc) is 1.98. The molecule has 70 valence electrons. The zero-order chi connectivity index (χ0) is 9.72. The van der Waals surface area contributed by atoms with Crippen LogP contribution in [0.3, 0.4) is 0 Å². The molecule has 0 aromatic rings. The zero-order valence-electron chi connectivity index (χ0n) is 7.50. The van der Waals surface area contributed by atoms with Crippen LogP contribution in [0.15, 0.2) is 0 Å². The van der Waals surface area contributed by atoms with Gasteiger partial charge in [-0.2, -0.15) is 0 Å². The molecule has 0 heterocycles. The second kappa shape index (κ2) is 4.58. The van der Waals surface area contributed by atoms with E-state index in [-0.39, 0.29) is 18.6 Å². The van der Waals surface area contributed by atoms with Crippen molar-refractivity contribution in [3.63, 3.8) is 0 Å². The summed E-state index contributed by atoms with van der Waals surface area (Å²) < 4.78 is 0. The van der Waals surface area contributed by atoms with Gasteiger partial charge in [-0.25, -0.2) is 4.79 Å². The van der Waals surface area contributed by atoms with Gasteiger partial charge < -0.3 is 15.3 Å². The summed E-state index contributed by atoms with van der Waals surface area (Å²) in [5.74, 6) is -1.01. The summed E-state index contributed by atoms with van der Waals surface area (Å²) in [7, 11) is 1.47. The largest absolute Gasteiger partial charge is 0.480 e. The molecule has 0 atom stereocenters. The smallest absolute Gasteiger partial charge is 0.323 e. The van der Waals surface area contributed by atoms with Crippen molar-refractivity contribution >= 4 is 12.0 Å². The van der Waals surface area contributed by atoms with E-state index in [2.05, 4.69) is 5.32 Å². The third kappa shape index (κ3) is 3.23. The van der Waals surface area contributed by atoms with E-state index in [4.69, 9.17) is 5.11 Å². The standard InChI is InChI=1S/C7H14N2O3/c1-5(2)9(4-6(10)11)7(12)8-3/h5H,4H2,1-3H3,(H,8,12)(H,10,11). The van der Waals surface area contributed by atoms with Crippen LogP contribution in [0.4, 0.5) is 4.79 Å². The number of nitrogens with zero attached hydrogens (tertiary/aromatic N) is 1. The number of aliphatic carboxylic acids is 1. The molecule has 0 unspecified atom stereocenters. The molecule has 0 saturated heterocycles. The van der Waals surface area contributed by atoms with Crippen LogP contribution in [-0.4, -0.2) is 41.6 Å². The van der Waals surface area contributed by atoms with Gasteiger partial charge in [-0.05, 0) is 13.8 Å². The van der Waals surface area contributed by atoms with Gasteiger partial charge in [-0.3, -0.25) is 4.79 Å². The molecule has 0 radical (unpaired) electrons. The van der Waals surface area contributed by atoms with Gasteiger partial charge in [0.2, 0.25) is 0 Å². The first-order chi connectivity index (χ1) is 5.49. The fourth-order valence-corrected chi connectivity index (χ4v) is 0.778. The molecule has 0 aromatic heterocycles. The highest BCUT2D eigenvalue weighted by Gasteiger charge is 2.17. The predicted octanol–water partition coefficient (Wildman–Crippen LogP) is 0.121. The van der Waals surface area contributed by atoms with E-state index in [1.165, 1.54) is 11.9 Å². The molecule has 12 heavy (non-hydrogen) atoms. The Morgan fingerprint density at radius 2 is 2.00 bits per heavy atom. The van der Waals surface area contributed by atoms with Crippen LogP contribution in [0.25, 0.3) is 0 Å². The van der Waals surface area contributed by atoms with Gasteiger partial charge in [0, 0.05) is 13.1 Å². The number of urea groups is 1. The molecule has 0 aliphatic rings. The number of hydrogen-bond acceptors (Lipinski definition) is 2. The highest BCUT2D eigenvalue weighted by atomic mass is 16.4. The number of carbonyl (C=O) groups is 2. The van der Waals surface area contributed by atoms with Crippen LogP contribution in [0.1, 0.15) is 13.8 Å². The van der Waals surface area contributed by atoms with E-state index in [1.54, 1.807) is 13.8 Å². The zero-order valence-corrected chi connectivity index (χ0v) is 7.50. The van der Waals surface area contributed by atoms with E-state index in [0.717, 1.165) is 0 Å². The van der Waals surface area contributed by atoms with Crippen molar-refractivity contribution < 1.29 is 14.7 Å².